The van der Waals surface area contributed by atoms with Crippen molar-refractivity contribution in [2.45, 2.75) is 4.90 Å². The summed E-state index contributed by atoms with van der Waals surface area (Å²) < 4.78 is 0. The van der Waals surface area contributed by atoms with Crippen LogP contribution >= 0.6 is 46.3 Å². The van der Waals surface area contributed by atoms with Crippen molar-refractivity contribution in [2.24, 2.45) is 0 Å². The van der Waals surface area contributed by atoms with Gasteiger partial charge in [0.2, 0.25) is 5.91 Å². The molecule has 0 aliphatic heterocycles. The van der Waals surface area contributed by atoms with Crippen LogP contribution < -0.4 is 16.0 Å². The Bertz CT molecular complexity index is 1830. The second-order valence-electron chi connectivity index (χ2n) is 9.23. The maximum atomic E-state index is 13.3. The summed E-state index contributed by atoms with van der Waals surface area (Å²) in [7, 11) is 0. The van der Waals surface area contributed by atoms with Gasteiger partial charge in [0.1, 0.15) is 5.70 Å². The van der Waals surface area contributed by atoms with E-state index in [0.29, 0.717) is 37.7 Å². The van der Waals surface area contributed by atoms with Crippen molar-refractivity contribution in [2.75, 3.05) is 16.4 Å². The predicted molar refractivity (Wildman–Crippen MR) is 180 cm³/mol. The molecule has 0 aliphatic carbocycles. The van der Waals surface area contributed by atoms with Crippen molar-refractivity contribution < 1.29 is 14.4 Å². The van der Waals surface area contributed by atoms with Gasteiger partial charge in [-0.1, -0.05) is 77.8 Å². The Hall–Kier alpha value is -4.41. The van der Waals surface area contributed by atoms with E-state index in [1.807, 2.05) is 23.6 Å². The Kier molecular flexibility index (Phi) is 10.5. The molecule has 3 amide bonds. The number of halogens is 2. The molecule has 0 unspecified atom stereocenters. The first-order chi connectivity index (χ1) is 21.4. The van der Waals surface area contributed by atoms with Crippen LogP contribution in [0.4, 0.5) is 10.8 Å². The molecule has 220 valence electrons. The Morgan fingerprint density at radius 3 is 2.20 bits per heavy atom. The summed E-state index contributed by atoms with van der Waals surface area (Å²) in [6.07, 6.45) is 1.53. The number of thiazole rings is 1. The molecule has 3 N–H and O–H groups in total. The molecule has 11 heteroatoms. The Morgan fingerprint density at radius 2 is 1.48 bits per heavy atom. The molecule has 44 heavy (non-hydrogen) atoms. The average molecular weight is 660 g/mol. The highest BCUT2D eigenvalue weighted by Crippen LogP contribution is 2.30. The van der Waals surface area contributed by atoms with Gasteiger partial charge >= 0.3 is 0 Å². The van der Waals surface area contributed by atoms with E-state index >= 15 is 0 Å². The van der Waals surface area contributed by atoms with Gasteiger partial charge in [-0.3, -0.25) is 14.4 Å². The summed E-state index contributed by atoms with van der Waals surface area (Å²) >= 11 is 15.2. The predicted octanol–water partition coefficient (Wildman–Crippen LogP) is 8.26. The molecule has 0 saturated heterocycles. The highest BCUT2D eigenvalue weighted by Gasteiger charge is 2.16. The van der Waals surface area contributed by atoms with Crippen LogP contribution in [-0.2, 0) is 9.59 Å². The number of nitrogens with zero attached hydrogens (tertiary/aromatic N) is 1. The zero-order valence-corrected chi connectivity index (χ0v) is 26.1. The zero-order valence-electron chi connectivity index (χ0n) is 22.9. The monoisotopic (exact) mass is 658 g/mol. The average Bonchev–Trinajstić information content (AvgIpc) is 3.50. The van der Waals surface area contributed by atoms with E-state index in [1.54, 1.807) is 84.9 Å². The first kappa shape index (κ1) is 31.0. The molecular weight excluding hydrogens is 635 g/mol. The number of hydrogen-bond acceptors (Lipinski definition) is 6. The Labute approximate surface area is 272 Å². The summed E-state index contributed by atoms with van der Waals surface area (Å²) in [6.45, 7) is 0. The fourth-order valence-corrected chi connectivity index (χ4v) is 5.80. The van der Waals surface area contributed by atoms with Crippen molar-refractivity contribution in [3.63, 3.8) is 0 Å². The molecule has 5 aromatic rings. The lowest BCUT2D eigenvalue weighted by Crippen LogP contribution is -2.30. The molecule has 0 bridgehead atoms. The van der Waals surface area contributed by atoms with Crippen molar-refractivity contribution in [1.29, 1.82) is 0 Å². The maximum absolute atomic E-state index is 13.3. The van der Waals surface area contributed by atoms with E-state index < -0.39 is 11.8 Å². The molecular formula is C33H24Cl2N4O3S2. The highest BCUT2D eigenvalue weighted by molar-refractivity contribution is 8.00. The second kappa shape index (κ2) is 14.9. The molecule has 0 aliphatic rings. The molecule has 0 saturated carbocycles. The molecule has 0 atom stereocenters. The fraction of sp³-hybridized carbons (Fsp3) is 0.0303. The number of carbonyl (C=O) groups is 3. The number of hydrogen-bond donors (Lipinski definition) is 3. The molecule has 1 aromatic heterocycles. The Morgan fingerprint density at radius 1 is 0.795 bits per heavy atom. The lowest BCUT2D eigenvalue weighted by Gasteiger charge is -2.12. The van der Waals surface area contributed by atoms with Gasteiger partial charge in [0.15, 0.2) is 5.13 Å². The number of thioether (sulfide) groups is 1. The summed E-state index contributed by atoms with van der Waals surface area (Å²) in [5.41, 5.74) is 3.03. The minimum Gasteiger partial charge on any atom is -0.321 e. The third-order valence-electron chi connectivity index (χ3n) is 6.12. The minimum atomic E-state index is -0.520. The Balaban J connectivity index is 1.19. The standard InChI is InChI=1S/C33H24Cl2N4O3S2/c34-26-12-6-4-10-22(26)18-28(37-31(41)21-8-2-1-3-9-21)32(42)36-23-14-16-24(17-15-23)43-20-30(40)39-33-38-29(19-44-33)25-11-5-7-13-27(25)35/h1-19H,20H2,(H,36,42)(H,37,41)(H,38,39,40)/b28-18-. The summed E-state index contributed by atoms with van der Waals surface area (Å²) in [5, 5.41) is 11.7. The second-order valence-corrected chi connectivity index (χ2v) is 12.0. The lowest BCUT2D eigenvalue weighted by molar-refractivity contribution is -0.114. The third-order valence-corrected chi connectivity index (χ3v) is 8.56. The number of benzene rings is 4. The molecule has 7 nitrogen and oxygen atoms in total. The van der Waals surface area contributed by atoms with E-state index in [1.165, 1.54) is 29.2 Å². The molecule has 1 heterocycles. The summed E-state index contributed by atoms with van der Waals surface area (Å²) in [4.78, 5) is 44.0. The highest BCUT2D eigenvalue weighted by atomic mass is 35.5. The van der Waals surface area contributed by atoms with Gasteiger partial charge < -0.3 is 16.0 Å². The first-order valence-corrected chi connectivity index (χ1v) is 15.8. The quantitative estimate of drug-likeness (QED) is 0.104. The minimum absolute atomic E-state index is 0.0296. The smallest absolute Gasteiger partial charge is 0.272 e. The summed E-state index contributed by atoms with van der Waals surface area (Å²) in [6, 6.07) is 30.1. The van der Waals surface area contributed by atoms with Gasteiger partial charge in [0.25, 0.3) is 11.8 Å². The number of amides is 3. The topological polar surface area (TPSA) is 100 Å². The van der Waals surface area contributed by atoms with Gasteiger partial charge in [0, 0.05) is 37.1 Å². The SMILES string of the molecule is O=C(CSc1ccc(NC(=O)/C(=C/c2ccccc2Cl)NC(=O)c2ccccc2)cc1)Nc1nc(-c2ccccc2Cl)cs1. The van der Waals surface area contributed by atoms with Gasteiger partial charge in [-0.25, -0.2) is 4.98 Å². The van der Waals surface area contributed by atoms with E-state index in [9.17, 15) is 14.4 Å². The van der Waals surface area contributed by atoms with Gasteiger partial charge in [-0.15, -0.1) is 23.1 Å². The van der Waals surface area contributed by atoms with Gasteiger partial charge in [0.05, 0.1) is 11.4 Å². The van der Waals surface area contributed by atoms with E-state index in [4.69, 9.17) is 23.2 Å². The normalized spacial score (nSPS) is 11.1. The first-order valence-electron chi connectivity index (χ1n) is 13.2. The molecule has 5 rings (SSSR count). The number of aromatic nitrogens is 1. The number of nitrogens with one attached hydrogen (secondary N) is 3. The fourth-order valence-electron chi connectivity index (χ4n) is 3.95. The lowest BCUT2D eigenvalue weighted by atomic mass is 10.1. The number of anilines is 2. The zero-order chi connectivity index (χ0) is 30.9. The maximum Gasteiger partial charge on any atom is 0.272 e. The molecule has 4 aromatic carbocycles. The summed E-state index contributed by atoms with van der Waals surface area (Å²) in [5.74, 6) is -0.977. The van der Waals surface area contributed by atoms with Crippen molar-refractivity contribution in [3.8, 4) is 11.3 Å². The molecule has 0 spiro atoms. The number of rotatable bonds is 10. The largest absolute Gasteiger partial charge is 0.321 e. The van der Waals surface area contributed by atoms with Crippen LogP contribution in [0, 0.1) is 0 Å². The third kappa shape index (κ3) is 8.36. The van der Waals surface area contributed by atoms with Crippen LogP contribution in [0.2, 0.25) is 10.0 Å². The van der Waals surface area contributed by atoms with Crippen LogP contribution in [0.15, 0.2) is 119 Å². The van der Waals surface area contributed by atoms with E-state index in [2.05, 4.69) is 20.9 Å². The van der Waals surface area contributed by atoms with Crippen LogP contribution in [0.5, 0.6) is 0 Å². The van der Waals surface area contributed by atoms with Crippen molar-refractivity contribution in [1.82, 2.24) is 10.3 Å². The van der Waals surface area contributed by atoms with Crippen LogP contribution in [-0.4, -0.2) is 28.5 Å². The van der Waals surface area contributed by atoms with E-state index in [-0.39, 0.29) is 17.4 Å². The van der Waals surface area contributed by atoms with Crippen LogP contribution in [0.25, 0.3) is 17.3 Å². The van der Waals surface area contributed by atoms with Crippen LogP contribution in [0.3, 0.4) is 0 Å². The molecule has 0 radical (unpaired) electrons. The van der Waals surface area contributed by atoms with Crippen molar-refractivity contribution in [3.05, 3.63) is 135 Å². The van der Waals surface area contributed by atoms with Gasteiger partial charge in [-0.2, -0.15) is 0 Å². The van der Waals surface area contributed by atoms with E-state index in [0.717, 1.165) is 10.5 Å². The van der Waals surface area contributed by atoms with Crippen molar-refractivity contribution >= 4 is 80.9 Å². The van der Waals surface area contributed by atoms with Crippen LogP contribution in [0.1, 0.15) is 15.9 Å². The molecule has 0 fully saturated rings. The van der Waals surface area contributed by atoms with Gasteiger partial charge in [-0.05, 0) is 60.2 Å². The number of carbonyl (C=O) groups excluding carboxylic acids is 3.